The molecule has 1 saturated heterocycles. The van der Waals surface area contributed by atoms with Crippen LogP contribution in [-0.4, -0.2) is 45.9 Å². The van der Waals surface area contributed by atoms with Gasteiger partial charge >= 0.3 is 0 Å². The first-order valence-electron chi connectivity index (χ1n) is 9.88. The van der Waals surface area contributed by atoms with Gasteiger partial charge in [-0.3, -0.25) is 4.79 Å². The molecule has 0 atom stereocenters. The van der Waals surface area contributed by atoms with E-state index in [1.54, 1.807) is 38.5 Å². The molecule has 0 spiro atoms. The molecule has 1 aliphatic heterocycles. The summed E-state index contributed by atoms with van der Waals surface area (Å²) in [5.41, 5.74) is 0.945. The van der Waals surface area contributed by atoms with Gasteiger partial charge in [-0.2, -0.15) is 9.57 Å². The largest absolute Gasteiger partial charge is 0.497 e. The molecule has 31 heavy (non-hydrogen) atoms. The van der Waals surface area contributed by atoms with Crippen molar-refractivity contribution in [2.45, 2.75) is 24.3 Å². The first-order chi connectivity index (χ1) is 14.9. The zero-order valence-corrected chi connectivity index (χ0v) is 18.3. The van der Waals surface area contributed by atoms with Crippen molar-refractivity contribution in [2.24, 2.45) is 5.92 Å². The van der Waals surface area contributed by atoms with Gasteiger partial charge in [0.2, 0.25) is 15.9 Å². The van der Waals surface area contributed by atoms with Crippen LogP contribution in [0.15, 0.2) is 47.4 Å². The number of nitrogens with one attached hydrogen (secondary N) is 1. The molecule has 1 aliphatic rings. The Morgan fingerprint density at radius 2 is 1.87 bits per heavy atom. The normalized spacial score (nSPS) is 15.1. The van der Waals surface area contributed by atoms with E-state index < -0.39 is 10.0 Å². The maximum absolute atomic E-state index is 12.9. The third-order valence-corrected chi connectivity index (χ3v) is 7.35. The second-order valence-corrected chi connectivity index (χ2v) is 9.09. The molecule has 1 amide bonds. The summed E-state index contributed by atoms with van der Waals surface area (Å²) >= 11 is 0. The van der Waals surface area contributed by atoms with Crippen LogP contribution in [0.5, 0.6) is 11.5 Å². The Kier molecular flexibility index (Phi) is 7.15. The van der Waals surface area contributed by atoms with Crippen molar-refractivity contribution in [2.75, 3.05) is 27.3 Å². The number of hydrogen-bond acceptors (Lipinski definition) is 6. The van der Waals surface area contributed by atoms with Crippen LogP contribution < -0.4 is 14.8 Å². The van der Waals surface area contributed by atoms with E-state index in [2.05, 4.69) is 5.32 Å². The van der Waals surface area contributed by atoms with Crippen LogP contribution in [0.4, 0.5) is 0 Å². The Hall–Kier alpha value is -3.09. The molecule has 0 radical (unpaired) electrons. The topological polar surface area (TPSA) is 109 Å². The summed E-state index contributed by atoms with van der Waals surface area (Å²) in [5, 5.41) is 12.1. The van der Waals surface area contributed by atoms with Gasteiger partial charge in [0, 0.05) is 37.2 Å². The molecule has 1 heterocycles. The lowest BCUT2D eigenvalue weighted by Gasteiger charge is -2.30. The summed E-state index contributed by atoms with van der Waals surface area (Å²) in [6.45, 7) is 0.762. The van der Waals surface area contributed by atoms with Crippen LogP contribution in [0.1, 0.15) is 24.0 Å². The van der Waals surface area contributed by atoms with Crippen molar-refractivity contribution in [3.05, 3.63) is 53.6 Å². The van der Waals surface area contributed by atoms with E-state index in [9.17, 15) is 18.5 Å². The molecule has 1 fully saturated rings. The zero-order valence-electron chi connectivity index (χ0n) is 17.5. The number of amides is 1. The van der Waals surface area contributed by atoms with E-state index in [1.165, 1.54) is 16.4 Å². The molecule has 9 heteroatoms. The molecule has 0 bridgehead atoms. The van der Waals surface area contributed by atoms with Crippen LogP contribution in [0.3, 0.4) is 0 Å². The van der Waals surface area contributed by atoms with Gasteiger partial charge in [-0.05, 0) is 37.1 Å². The van der Waals surface area contributed by atoms with E-state index in [-0.39, 0.29) is 35.4 Å². The molecule has 0 saturated carbocycles. The number of carbonyl (C=O) groups is 1. The second-order valence-electron chi connectivity index (χ2n) is 7.18. The molecule has 2 aromatic rings. The quantitative estimate of drug-likeness (QED) is 0.703. The molecule has 0 aromatic heterocycles. The molecule has 164 valence electrons. The first kappa shape index (κ1) is 22.6. The van der Waals surface area contributed by atoms with Gasteiger partial charge in [-0.15, -0.1) is 0 Å². The third kappa shape index (κ3) is 4.98. The number of piperidine rings is 1. The van der Waals surface area contributed by atoms with Gasteiger partial charge in [0.1, 0.15) is 17.6 Å². The Morgan fingerprint density at radius 1 is 1.16 bits per heavy atom. The minimum Gasteiger partial charge on any atom is -0.497 e. The number of benzene rings is 2. The number of hydrogen-bond donors (Lipinski definition) is 1. The van der Waals surface area contributed by atoms with Crippen molar-refractivity contribution in [3.63, 3.8) is 0 Å². The van der Waals surface area contributed by atoms with E-state index in [0.29, 0.717) is 30.9 Å². The van der Waals surface area contributed by atoms with Gasteiger partial charge in [0.15, 0.2) is 0 Å². The predicted molar refractivity (Wildman–Crippen MR) is 114 cm³/mol. The average molecular weight is 444 g/mol. The highest BCUT2D eigenvalue weighted by molar-refractivity contribution is 7.89. The Bertz CT molecular complexity index is 1090. The van der Waals surface area contributed by atoms with E-state index in [0.717, 1.165) is 5.56 Å². The maximum Gasteiger partial charge on any atom is 0.244 e. The van der Waals surface area contributed by atoms with Gasteiger partial charge in [-0.1, -0.05) is 12.1 Å². The number of sulfonamides is 1. The smallest absolute Gasteiger partial charge is 0.244 e. The van der Waals surface area contributed by atoms with Gasteiger partial charge in [0.25, 0.3) is 0 Å². The van der Waals surface area contributed by atoms with E-state index in [4.69, 9.17) is 9.47 Å². The summed E-state index contributed by atoms with van der Waals surface area (Å²) < 4.78 is 37.7. The van der Waals surface area contributed by atoms with E-state index in [1.807, 2.05) is 12.1 Å². The monoisotopic (exact) mass is 443 g/mol. The number of methoxy groups -OCH3 is 2. The molecule has 2 aromatic carbocycles. The maximum atomic E-state index is 12.9. The molecule has 0 unspecified atom stereocenters. The van der Waals surface area contributed by atoms with Crippen molar-refractivity contribution >= 4 is 15.9 Å². The first-order valence-corrected chi connectivity index (χ1v) is 11.3. The molecular formula is C22H25N3O5S. The SMILES string of the molecule is COc1ccc(CNC(=O)C2CCN(S(=O)(=O)c3ccccc3C#N)CC2)c(OC)c1. The van der Waals surface area contributed by atoms with Crippen LogP contribution in [0.25, 0.3) is 0 Å². The average Bonchev–Trinajstić information content (AvgIpc) is 2.82. The minimum atomic E-state index is -3.77. The van der Waals surface area contributed by atoms with Crippen molar-refractivity contribution in [1.82, 2.24) is 9.62 Å². The molecule has 3 rings (SSSR count). The predicted octanol–water partition coefficient (Wildman–Crippen LogP) is 2.29. The number of ether oxygens (including phenoxy) is 2. The van der Waals surface area contributed by atoms with Crippen LogP contribution in [-0.2, 0) is 21.4 Å². The lowest BCUT2D eigenvalue weighted by Crippen LogP contribution is -2.43. The molecular weight excluding hydrogens is 418 g/mol. The lowest BCUT2D eigenvalue weighted by atomic mass is 9.97. The number of carbonyl (C=O) groups excluding carboxylic acids is 1. The molecule has 0 aliphatic carbocycles. The van der Waals surface area contributed by atoms with E-state index >= 15 is 0 Å². The fraction of sp³-hybridized carbons (Fsp3) is 0.364. The summed E-state index contributed by atoms with van der Waals surface area (Å²) in [7, 11) is -0.647. The highest BCUT2D eigenvalue weighted by Crippen LogP contribution is 2.27. The highest BCUT2D eigenvalue weighted by atomic mass is 32.2. The van der Waals surface area contributed by atoms with Gasteiger partial charge in [-0.25, -0.2) is 8.42 Å². The molecule has 1 N–H and O–H groups in total. The Balaban J connectivity index is 1.60. The summed E-state index contributed by atoms with van der Waals surface area (Å²) in [4.78, 5) is 12.6. The Labute approximate surface area is 182 Å². The zero-order chi connectivity index (χ0) is 22.4. The second kappa shape index (κ2) is 9.81. The summed E-state index contributed by atoms with van der Waals surface area (Å²) in [6.07, 6.45) is 0.832. The van der Waals surface area contributed by atoms with Crippen molar-refractivity contribution in [1.29, 1.82) is 5.26 Å². The van der Waals surface area contributed by atoms with Crippen molar-refractivity contribution in [3.8, 4) is 17.6 Å². The number of nitrogens with zero attached hydrogens (tertiary/aromatic N) is 2. The van der Waals surface area contributed by atoms with Gasteiger partial charge in [0.05, 0.1) is 24.7 Å². The lowest BCUT2D eigenvalue weighted by molar-refractivity contribution is -0.126. The minimum absolute atomic E-state index is 0.00648. The van der Waals surface area contributed by atoms with Crippen LogP contribution >= 0.6 is 0 Å². The van der Waals surface area contributed by atoms with Crippen LogP contribution in [0, 0.1) is 17.2 Å². The van der Waals surface area contributed by atoms with Gasteiger partial charge < -0.3 is 14.8 Å². The summed E-state index contributed by atoms with van der Waals surface area (Å²) in [5.74, 6) is 0.893. The fourth-order valence-corrected chi connectivity index (χ4v) is 5.22. The molecule has 8 nitrogen and oxygen atoms in total. The fourth-order valence-electron chi connectivity index (χ4n) is 3.61. The van der Waals surface area contributed by atoms with Crippen LogP contribution in [0.2, 0.25) is 0 Å². The Morgan fingerprint density at radius 3 is 2.52 bits per heavy atom. The summed E-state index contributed by atoms with van der Waals surface area (Å²) in [6, 6.07) is 13.5. The number of rotatable bonds is 7. The standard InChI is InChI=1S/C22H25N3O5S/c1-29-19-8-7-18(20(13-19)30-2)15-24-22(26)16-9-11-25(12-10-16)31(27,28)21-6-4-3-5-17(21)14-23/h3-8,13,16H,9-12,15H2,1-2H3,(H,24,26). The van der Waals surface area contributed by atoms with Crippen molar-refractivity contribution < 1.29 is 22.7 Å². The highest BCUT2D eigenvalue weighted by Gasteiger charge is 2.33. The third-order valence-electron chi connectivity index (χ3n) is 5.40. The number of nitriles is 1.